The Balaban J connectivity index is 1.98. The second-order valence-electron chi connectivity index (χ2n) is 5.10. The first kappa shape index (κ1) is 16.8. The highest BCUT2D eigenvalue weighted by Gasteiger charge is 2.30. The molecule has 0 saturated carbocycles. The molecule has 2 aromatic carbocycles. The predicted molar refractivity (Wildman–Crippen MR) is 83.5 cm³/mol. The zero-order chi connectivity index (χ0) is 16.9. The number of alkyl halides is 3. The maximum Gasteiger partial charge on any atom is 0.416 e. The predicted octanol–water partition coefficient (Wildman–Crippen LogP) is 4.34. The first-order chi connectivity index (χ1) is 10.9. The lowest BCUT2D eigenvalue weighted by molar-refractivity contribution is -0.137. The largest absolute Gasteiger partial charge is 0.416 e. The molecule has 0 heterocycles. The third-order valence-corrected chi connectivity index (χ3v) is 3.36. The monoisotopic (exact) mass is 319 g/mol. The Morgan fingerprint density at radius 2 is 1.87 bits per heavy atom. The van der Waals surface area contributed by atoms with Crippen molar-refractivity contribution < 1.29 is 18.0 Å². The second-order valence-corrected chi connectivity index (χ2v) is 5.10. The molecule has 1 amide bonds. The maximum atomic E-state index is 12.6. The molecule has 0 saturated heterocycles. The van der Waals surface area contributed by atoms with E-state index in [0.29, 0.717) is 12.1 Å². The molecule has 1 N–H and O–H groups in total. The van der Waals surface area contributed by atoms with E-state index >= 15 is 0 Å². The van der Waals surface area contributed by atoms with Gasteiger partial charge in [-0.3, -0.25) is 4.79 Å². The summed E-state index contributed by atoms with van der Waals surface area (Å²) in [5.41, 5.74) is 1.65. The Hall–Kier alpha value is -2.56. The number of amides is 1. The molecule has 0 atom stereocenters. The lowest BCUT2D eigenvalue weighted by Crippen LogP contribution is -2.20. The van der Waals surface area contributed by atoms with Crippen LogP contribution in [0.5, 0.6) is 0 Å². The van der Waals surface area contributed by atoms with E-state index in [1.165, 1.54) is 24.3 Å². The normalized spacial score (nSPS) is 11.7. The first-order valence-electron chi connectivity index (χ1n) is 7.04. The summed E-state index contributed by atoms with van der Waals surface area (Å²) < 4.78 is 37.8. The van der Waals surface area contributed by atoms with Crippen LogP contribution in [0.4, 0.5) is 13.2 Å². The molecule has 2 nitrogen and oxygen atoms in total. The summed E-state index contributed by atoms with van der Waals surface area (Å²) in [5, 5.41) is 2.71. The Bertz CT molecular complexity index is 720. The van der Waals surface area contributed by atoms with Crippen molar-refractivity contribution in [2.24, 2.45) is 0 Å². The highest BCUT2D eigenvalue weighted by molar-refractivity contribution is 5.91. The second kappa shape index (κ2) is 7.13. The molecule has 120 valence electrons. The van der Waals surface area contributed by atoms with Gasteiger partial charge in [-0.1, -0.05) is 36.4 Å². The minimum Gasteiger partial charge on any atom is -0.348 e. The molecule has 0 fully saturated rings. The molecule has 2 rings (SSSR count). The van der Waals surface area contributed by atoms with Crippen molar-refractivity contribution in [1.82, 2.24) is 5.32 Å². The van der Waals surface area contributed by atoms with Crippen LogP contribution in [-0.2, 0) is 17.5 Å². The van der Waals surface area contributed by atoms with Crippen molar-refractivity contribution in [3.05, 3.63) is 76.9 Å². The molecule has 0 aromatic heterocycles. The minimum atomic E-state index is -4.39. The summed E-state index contributed by atoms with van der Waals surface area (Å²) in [7, 11) is 0. The molecule has 0 aliphatic rings. The quantitative estimate of drug-likeness (QED) is 0.834. The summed E-state index contributed by atoms with van der Waals surface area (Å²) in [6, 6.07) is 12.5. The number of hydrogen-bond donors (Lipinski definition) is 1. The molecule has 0 radical (unpaired) electrons. The lowest BCUT2D eigenvalue weighted by Gasteiger charge is -2.07. The van der Waals surface area contributed by atoms with Crippen molar-refractivity contribution in [3.63, 3.8) is 0 Å². The first-order valence-corrected chi connectivity index (χ1v) is 7.04. The molecule has 2 aromatic rings. The Labute approximate surface area is 132 Å². The fourth-order valence-corrected chi connectivity index (χ4v) is 2.04. The smallest absolute Gasteiger partial charge is 0.348 e. The fourth-order valence-electron chi connectivity index (χ4n) is 2.04. The van der Waals surface area contributed by atoms with Crippen LogP contribution >= 0.6 is 0 Å². The van der Waals surface area contributed by atoms with Crippen molar-refractivity contribution in [2.45, 2.75) is 19.6 Å². The van der Waals surface area contributed by atoms with Gasteiger partial charge in [0.2, 0.25) is 5.91 Å². The topological polar surface area (TPSA) is 29.1 Å². The number of benzene rings is 2. The molecular weight excluding hydrogens is 303 g/mol. The number of carbonyl (C=O) groups excluding carboxylic acids is 1. The van der Waals surface area contributed by atoms with Gasteiger partial charge in [0.25, 0.3) is 0 Å². The number of aryl methyl sites for hydroxylation is 1. The number of rotatable bonds is 4. The maximum absolute atomic E-state index is 12.6. The minimum absolute atomic E-state index is 0.325. The zero-order valence-electron chi connectivity index (χ0n) is 12.5. The molecule has 23 heavy (non-hydrogen) atoms. The summed E-state index contributed by atoms with van der Waals surface area (Å²) >= 11 is 0. The van der Waals surface area contributed by atoms with Gasteiger partial charge in [0.05, 0.1) is 5.56 Å². The summed E-state index contributed by atoms with van der Waals surface area (Å²) in [6.07, 6.45) is -1.80. The van der Waals surface area contributed by atoms with Crippen LogP contribution in [0, 0.1) is 6.92 Å². The lowest BCUT2D eigenvalue weighted by atomic mass is 10.1. The van der Waals surface area contributed by atoms with Gasteiger partial charge in [0.1, 0.15) is 0 Å². The van der Waals surface area contributed by atoms with Crippen LogP contribution in [0.1, 0.15) is 22.3 Å². The van der Waals surface area contributed by atoms with E-state index in [2.05, 4.69) is 5.32 Å². The number of nitrogens with one attached hydrogen (secondary N) is 1. The molecule has 0 unspecified atom stereocenters. The summed E-state index contributed by atoms with van der Waals surface area (Å²) in [5.74, 6) is -0.356. The highest BCUT2D eigenvalue weighted by atomic mass is 19.4. The molecule has 5 heteroatoms. The highest BCUT2D eigenvalue weighted by Crippen LogP contribution is 2.29. The fraction of sp³-hybridized carbons (Fsp3) is 0.167. The third-order valence-electron chi connectivity index (χ3n) is 3.36. The van der Waals surface area contributed by atoms with E-state index in [4.69, 9.17) is 0 Å². The number of carbonyl (C=O) groups is 1. The van der Waals surface area contributed by atoms with Crippen molar-refractivity contribution >= 4 is 12.0 Å². The van der Waals surface area contributed by atoms with E-state index in [-0.39, 0.29) is 5.91 Å². The van der Waals surface area contributed by atoms with Crippen LogP contribution < -0.4 is 5.32 Å². The SMILES string of the molecule is Cc1ccccc1CNC(=O)/C=C/c1cccc(C(F)(F)F)c1. The Kier molecular flexibility index (Phi) is 5.21. The molecular formula is C18H16F3NO. The van der Waals surface area contributed by atoms with E-state index in [0.717, 1.165) is 23.3 Å². The van der Waals surface area contributed by atoms with Crippen molar-refractivity contribution in [3.8, 4) is 0 Å². The van der Waals surface area contributed by atoms with Gasteiger partial charge in [-0.05, 0) is 41.8 Å². The Morgan fingerprint density at radius 1 is 1.13 bits per heavy atom. The molecule has 0 aliphatic carbocycles. The summed E-state index contributed by atoms with van der Waals surface area (Å²) in [4.78, 5) is 11.8. The standard InChI is InChI=1S/C18H16F3NO/c1-13-5-2-3-7-15(13)12-22-17(23)10-9-14-6-4-8-16(11-14)18(19,20)21/h2-11H,12H2,1H3,(H,22,23)/b10-9+. The van der Waals surface area contributed by atoms with Crippen LogP contribution in [-0.4, -0.2) is 5.91 Å². The summed E-state index contributed by atoms with van der Waals surface area (Å²) in [6.45, 7) is 2.32. The zero-order valence-corrected chi connectivity index (χ0v) is 12.5. The van der Waals surface area contributed by atoms with Gasteiger partial charge in [-0.15, -0.1) is 0 Å². The van der Waals surface area contributed by atoms with E-state index in [1.54, 1.807) is 0 Å². The van der Waals surface area contributed by atoms with Crippen molar-refractivity contribution in [1.29, 1.82) is 0 Å². The molecule has 0 aliphatic heterocycles. The van der Waals surface area contributed by atoms with Crippen LogP contribution in [0.15, 0.2) is 54.6 Å². The number of hydrogen-bond acceptors (Lipinski definition) is 1. The third kappa shape index (κ3) is 4.98. The van der Waals surface area contributed by atoms with Gasteiger partial charge in [-0.25, -0.2) is 0 Å². The van der Waals surface area contributed by atoms with E-state index in [1.807, 2.05) is 31.2 Å². The van der Waals surface area contributed by atoms with Crippen molar-refractivity contribution in [2.75, 3.05) is 0 Å². The van der Waals surface area contributed by atoms with Crippen LogP contribution in [0.2, 0.25) is 0 Å². The van der Waals surface area contributed by atoms with Crippen LogP contribution in [0.25, 0.3) is 6.08 Å². The van der Waals surface area contributed by atoms with E-state index < -0.39 is 11.7 Å². The number of halogens is 3. The Morgan fingerprint density at radius 3 is 2.57 bits per heavy atom. The van der Waals surface area contributed by atoms with Gasteiger partial charge >= 0.3 is 6.18 Å². The van der Waals surface area contributed by atoms with E-state index in [9.17, 15) is 18.0 Å². The average molecular weight is 319 g/mol. The average Bonchev–Trinajstić information content (AvgIpc) is 2.51. The van der Waals surface area contributed by atoms with Gasteiger partial charge in [0.15, 0.2) is 0 Å². The molecule has 0 spiro atoms. The molecule has 0 bridgehead atoms. The van der Waals surface area contributed by atoms with Crippen LogP contribution in [0.3, 0.4) is 0 Å². The van der Waals surface area contributed by atoms with Gasteiger partial charge in [0, 0.05) is 12.6 Å². The van der Waals surface area contributed by atoms with Gasteiger partial charge < -0.3 is 5.32 Å². The van der Waals surface area contributed by atoms with Gasteiger partial charge in [-0.2, -0.15) is 13.2 Å².